The smallest absolute Gasteiger partial charge is 0.156 e. The summed E-state index contributed by atoms with van der Waals surface area (Å²) in [6.07, 6.45) is 0.545. The first-order valence-electron chi connectivity index (χ1n) is 6.84. The number of hydrogen-bond donors (Lipinski definition) is 0. The Morgan fingerprint density at radius 1 is 1.27 bits per heavy atom. The van der Waals surface area contributed by atoms with Crippen LogP contribution < -0.4 is 0 Å². The highest BCUT2D eigenvalue weighted by atomic mass is 16.5. The van der Waals surface area contributed by atoms with E-state index in [1.165, 1.54) is 0 Å². The van der Waals surface area contributed by atoms with Gasteiger partial charge in [0.15, 0.2) is 5.82 Å². The van der Waals surface area contributed by atoms with Crippen LogP contribution in [0.5, 0.6) is 0 Å². The largest absolute Gasteiger partial charge is 0.361 e. The summed E-state index contributed by atoms with van der Waals surface area (Å²) in [4.78, 5) is 0. The maximum atomic E-state index is 9.16. The van der Waals surface area contributed by atoms with Gasteiger partial charge < -0.3 is 4.52 Å². The van der Waals surface area contributed by atoms with Crippen LogP contribution >= 0.6 is 0 Å². The lowest BCUT2D eigenvalue weighted by molar-refractivity contribution is 0.392. The van der Waals surface area contributed by atoms with Crippen molar-refractivity contribution in [3.8, 4) is 6.07 Å². The summed E-state index contributed by atoms with van der Waals surface area (Å²) < 4.78 is 6.86. The molecule has 0 N–H and O–H groups in total. The average molecular weight is 294 g/mol. The molecule has 2 heterocycles. The van der Waals surface area contributed by atoms with Crippen molar-refractivity contribution in [3.63, 3.8) is 0 Å². The number of nitriles is 1. The standard InChI is InChI=1S/C15H14N6O/c1-10-14(11(2)22-18-10)7-15-17-19-20-21(15)9-13-6-4-3-5-12(13)8-16/h3-6H,7,9H2,1-2H3. The fourth-order valence-electron chi connectivity index (χ4n) is 2.31. The zero-order chi connectivity index (χ0) is 15.5. The fourth-order valence-corrected chi connectivity index (χ4v) is 2.31. The van der Waals surface area contributed by atoms with Gasteiger partial charge in [-0.3, -0.25) is 0 Å². The Kier molecular flexibility index (Phi) is 3.66. The van der Waals surface area contributed by atoms with Crippen molar-refractivity contribution in [2.24, 2.45) is 0 Å². The summed E-state index contributed by atoms with van der Waals surface area (Å²) in [6, 6.07) is 9.61. The molecule has 1 aromatic carbocycles. The first kappa shape index (κ1) is 13.9. The van der Waals surface area contributed by atoms with Gasteiger partial charge in [-0.05, 0) is 35.9 Å². The zero-order valence-electron chi connectivity index (χ0n) is 12.3. The molecule has 0 radical (unpaired) electrons. The second kappa shape index (κ2) is 5.77. The lowest BCUT2D eigenvalue weighted by Crippen LogP contribution is -2.09. The van der Waals surface area contributed by atoms with Crippen LogP contribution in [-0.4, -0.2) is 25.4 Å². The van der Waals surface area contributed by atoms with Crippen LogP contribution in [0, 0.1) is 25.2 Å². The number of aryl methyl sites for hydroxylation is 2. The number of hydrogen-bond acceptors (Lipinski definition) is 6. The molecule has 110 valence electrons. The molecule has 0 atom stereocenters. The third-order valence-corrected chi connectivity index (χ3v) is 3.58. The Morgan fingerprint density at radius 2 is 2.09 bits per heavy atom. The van der Waals surface area contributed by atoms with Crippen molar-refractivity contribution in [1.29, 1.82) is 5.26 Å². The van der Waals surface area contributed by atoms with Crippen molar-refractivity contribution in [1.82, 2.24) is 25.4 Å². The Hall–Kier alpha value is -3.01. The van der Waals surface area contributed by atoms with E-state index in [0.717, 1.165) is 22.6 Å². The van der Waals surface area contributed by atoms with Gasteiger partial charge in [0.25, 0.3) is 0 Å². The second-order valence-corrected chi connectivity index (χ2v) is 5.00. The molecule has 2 aromatic heterocycles. The Bertz CT molecular complexity index is 822. The molecule has 0 aliphatic heterocycles. The summed E-state index contributed by atoms with van der Waals surface area (Å²) in [5.74, 6) is 1.48. The van der Waals surface area contributed by atoms with Gasteiger partial charge in [0.05, 0.1) is 23.9 Å². The van der Waals surface area contributed by atoms with Crippen LogP contribution in [0.25, 0.3) is 0 Å². The monoisotopic (exact) mass is 294 g/mol. The third-order valence-electron chi connectivity index (χ3n) is 3.58. The maximum Gasteiger partial charge on any atom is 0.156 e. The van der Waals surface area contributed by atoms with E-state index in [1.54, 1.807) is 10.7 Å². The Morgan fingerprint density at radius 3 is 2.82 bits per heavy atom. The minimum absolute atomic E-state index is 0.454. The SMILES string of the molecule is Cc1noc(C)c1Cc1nnnn1Cc1ccccc1C#N. The van der Waals surface area contributed by atoms with Crippen LogP contribution in [0.15, 0.2) is 28.8 Å². The number of tetrazole rings is 1. The van der Waals surface area contributed by atoms with Gasteiger partial charge in [-0.2, -0.15) is 5.26 Å². The summed E-state index contributed by atoms with van der Waals surface area (Å²) >= 11 is 0. The van der Waals surface area contributed by atoms with E-state index in [-0.39, 0.29) is 0 Å². The van der Waals surface area contributed by atoms with Gasteiger partial charge in [0.2, 0.25) is 0 Å². The van der Waals surface area contributed by atoms with Crippen molar-refractivity contribution >= 4 is 0 Å². The number of aromatic nitrogens is 5. The van der Waals surface area contributed by atoms with Crippen LogP contribution in [0.4, 0.5) is 0 Å². The van der Waals surface area contributed by atoms with Crippen LogP contribution in [0.3, 0.4) is 0 Å². The van der Waals surface area contributed by atoms with Crippen LogP contribution in [-0.2, 0) is 13.0 Å². The van der Waals surface area contributed by atoms with E-state index >= 15 is 0 Å². The molecule has 0 amide bonds. The molecule has 0 aliphatic rings. The van der Waals surface area contributed by atoms with E-state index < -0.39 is 0 Å². The molecule has 0 aliphatic carbocycles. The predicted molar refractivity (Wildman–Crippen MR) is 76.9 cm³/mol. The van der Waals surface area contributed by atoms with Gasteiger partial charge >= 0.3 is 0 Å². The second-order valence-electron chi connectivity index (χ2n) is 5.00. The first-order valence-corrected chi connectivity index (χ1v) is 6.84. The van der Waals surface area contributed by atoms with Gasteiger partial charge in [-0.1, -0.05) is 23.4 Å². The maximum absolute atomic E-state index is 9.16. The average Bonchev–Trinajstić information content (AvgIpc) is 3.09. The topological polar surface area (TPSA) is 93.4 Å². The highest BCUT2D eigenvalue weighted by Crippen LogP contribution is 2.17. The first-order chi connectivity index (χ1) is 10.7. The minimum Gasteiger partial charge on any atom is -0.361 e. The van der Waals surface area contributed by atoms with Gasteiger partial charge in [0.1, 0.15) is 5.76 Å². The summed E-state index contributed by atoms with van der Waals surface area (Å²) in [7, 11) is 0. The molecule has 3 aromatic rings. The number of rotatable bonds is 4. The highest BCUT2D eigenvalue weighted by molar-refractivity contribution is 5.37. The van der Waals surface area contributed by atoms with E-state index in [2.05, 4.69) is 26.8 Å². The molecule has 22 heavy (non-hydrogen) atoms. The number of nitrogens with zero attached hydrogens (tertiary/aromatic N) is 6. The molecule has 0 saturated heterocycles. The van der Waals surface area contributed by atoms with Crippen LogP contribution in [0.2, 0.25) is 0 Å². The lowest BCUT2D eigenvalue weighted by Gasteiger charge is -2.06. The molecule has 0 spiro atoms. The van der Waals surface area contributed by atoms with E-state index in [1.807, 2.05) is 32.0 Å². The van der Waals surface area contributed by atoms with Crippen molar-refractivity contribution in [2.75, 3.05) is 0 Å². The third kappa shape index (κ3) is 2.59. The van der Waals surface area contributed by atoms with Gasteiger partial charge in [0, 0.05) is 12.0 Å². The quantitative estimate of drug-likeness (QED) is 0.728. The van der Waals surface area contributed by atoms with Gasteiger partial charge in [-0.15, -0.1) is 5.10 Å². The summed E-state index contributed by atoms with van der Waals surface area (Å²) in [5, 5.41) is 24.9. The molecular formula is C15H14N6O. The molecule has 0 bridgehead atoms. The normalized spacial score (nSPS) is 10.6. The molecule has 7 heteroatoms. The summed E-state index contributed by atoms with van der Waals surface area (Å²) in [5.41, 5.74) is 3.34. The van der Waals surface area contributed by atoms with Crippen molar-refractivity contribution in [2.45, 2.75) is 26.8 Å². The Balaban J connectivity index is 1.88. The lowest BCUT2D eigenvalue weighted by atomic mass is 10.1. The minimum atomic E-state index is 0.454. The molecule has 7 nitrogen and oxygen atoms in total. The highest BCUT2D eigenvalue weighted by Gasteiger charge is 2.15. The molecular weight excluding hydrogens is 280 g/mol. The molecule has 0 saturated carbocycles. The van der Waals surface area contributed by atoms with E-state index in [4.69, 9.17) is 9.78 Å². The van der Waals surface area contributed by atoms with E-state index in [0.29, 0.717) is 24.4 Å². The molecule has 0 unspecified atom stereocenters. The molecule has 0 fully saturated rings. The van der Waals surface area contributed by atoms with E-state index in [9.17, 15) is 0 Å². The zero-order valence-corrected chi connectivity index (χ0v) is 12.3. The molecule has 3 rings (SSSR count). The number of benzene rings is 1. The van der Waals surface area contributed by atoms with Crippen molar-refractivity contribution < 1.29 is 4.52 Å². The fraction of sp³-hybridized carbons (Fsp3) is 0.267. The summed E-state index contributed by atoms with van der Waals surface area (Å²) in [6.45, 7) is 4.22. The van der Waals surface area contributed by atoms with Gasteiger partial charge in [-0.25, -0.2) is 4.68 Å². The van der Waals surface area contributed by atoms with Crippen molar-refractivity contribution in [3.05, 3.63) is 58.2 Å². The van der Waals surface area contributed by atoms with Crippen LogP contribution in [0.1, 0.15) is 34.0 Å². The predicted octanol–water partition coefficient (Wildman–Crippen LogP) is 1.79. The Labute approximate surface area is 127 Å².